The van der Waals surface area contributed by atoms with Crippen LogP contribution in [0.15, 0.2) is 0 Å². The highest BCUT2D eigenvalue weighted by molar-refractivity contribution is 5.71. The Bertz CT molecular complexity index is 1140. The van der Waals surface area contributed by atoms with Crippen molar-refractivity contribution in [3.63, 3.8) is 0 Å². The van der Waals surface area contributed by atoms with Gasteiger partial charge in [0.1, 0.15) is 13.2 Å². The summed E-state index contributed by atoms with van der Waals surface area (Å²) in [4.78, 5) is 38.1. The van der Waals surface area contributed by atoms with E-state index in [0.717, 1.165) is 57.8 Å². The minimum atomic E-state index is -0.761. The normalized spacial score (nSPS) is 11.9. The third-order valence-electron chi connectivity index (χ3n) is 16.4. The topological polar surface area (TPSA) is 78.9 Å². The van der Waals surface area contributed by atoms with Crippen LogP contribution in [0.1, 0.15) is 412 Å². The van der Waals surface area contributed by atoms with Gasteiger partial charge < -0.3 is 14.2 Å². The molecule has 0 aromatic heterocycles. The zero-order valence-corrected chi connectivity index (χ0v) is 52.1. The number of esters is 3. The van der Waals surface area contributed by atoms with Crippen molar-refractivity contribution in [2.45, 2.75) is 419 Å². The van der Waals surface area contributed by atoms with Crippen LogP contribution in [0.3, 0.4) is 0 Å². The van der Waals surface area contributed by atoms with Crippen molar-refractivity contribution in [2.24, 2.45) is 0 Å². The number of ether oxygens (including phenoxy) is 3. The summed E-state index contributed by atoms with van der Waals surface area (Å²) >= 11 is 0. The molecule has 0 aliphatic carbocycles. The van der Waals surface area contributed by atoms with E-state index in [-0.39, 0.29) is 31.1 Å². The summed E-state index contributed by atoms with van der Waals surface area (Å²) in [5.41, 5.74) is 0. The van der Waals surface area contributed by atoms with E-state index >= 15 is 0 Å². The maximum absolute atomic E-state index is 12.9. The van der Waals surface area contributed by atoms with Crippen molar-refractivity contribution in [1.29, 1.82) is 0 Å². The van der Waals surface area contributed by atoms with Gasteiger partial charge in [-0.05, 0) is 19.3 Å². The molecule has 0 spiro atoms. The summed E-state index contributed by atoms with van der Waals surface area (Å²) in [7, 11) is 0. The first-order chi connectivity index (χ1) is 37.5. The monoisotopic (exact) mass is 1070 g/mol. The zero-order valence-electron chi connectivity index (χ0n) is 52.1. The highest BCUT2D eigenvalue weighted by atomic mass is 16.6. The summed E-state index contributed by atoms with van der Waals surface area (Å²) in [6.45, 7) is 6.69. The quantitative estimate of drug-likeness (QED) is 0.0343. The molecule has 6 nitrogen and oxygen atoms in total. The lowest BCUT2D eigenvalue weighted by Gasteiger charge is -2.18. The Morgan fingerprint density at radius 1 is 0.211 bits per heavy atom. The number of rotatable bonds is 66. The third kappa shape index (κ3) is 63.2. The van der Waals surface area contributed by atoms with Crippen molar-refractivity contribution in [3.8, 4) is 0 Å². The van der Waals surface area contributed by atoms with Gasteiger partial charge in [-0.3, -0.25) is 14.4 Å². The summed E-state index contributed by atoms with van der Waals surface area (Å²) in [5, 5.41) is 0. The first-order valence-electron chi connectivity index (χ1n) is 35.0. The maximum Gasteiger partial charge on any atom is 0.306 e. The number of carbonyl (C=O) groups excluding carboxylic acids is 3. The van der Waals surface area contributed by atoms with Gasteiger partial charge >= 0.3 is 17.9 Å². The van der Waals surface area contributed by atoms with Gasteiger partial charge in [0, 0.05) is 19.3 Å². The van der Waals surface area contributed by atoms with Gasteiger partial charge in [-0.1, -0.05) is 374 Å². The van der Waals surface area contributed by atoms with E-state index in [9.17, 15) is 14.4 Å². The Balaban J connectivity index is 3.99. The van der Waals surface area contributed by atoms with Crippen LogP contribution in [0.5, 0.6) is 0 Å². The first-order valence-corrected chi connectivity index (χ1v) is 35.0. The molecule has 0 radical (unpaired) electrons. The molecule has 452 valence electrons. The SMILES string of the molecule is CCCCCCCCCCCCCCCCCCCCCCCCCCCCCC(=O)OCC(COC(=O)CCCCCCCCC)OC(=O)CCCCCCCCCCCCCCCCCCCCCCCCCC. The van der Waals surface area contributed by atoms with E-state index in [2.05, 4.69) is 20.8 Å². The van der Waals surface area contributed by atoms with Gasteiger partial charge in [0.2, 0.25) is 0 Å². The fraction of sp³-hybridized carbons (Fsp3) is 0.957. The van der Waals surface area contributed by atoms with E-state index in [1.54, 1.807) is 0 Å². The van der Waals surface area contributed by atoms with E-state index in [0.29, 0.717) is 19.3 Å². The number of hydrogen-bond acceptors (Lipinski definition) is 6. The average Bonchev–Trinajstić information content (AvgIpc) is 3.42. The van der Waals surface area contributed by atoms with Crippen LogP contribution < -0.4 is 0 Å². The molecule has 0 aliphatic rings. The van der Waals surface area contributed by atoms with Crippen LogP contribution in [0.2, 0.25) is 0 Å². The van der Waals surface area contributed by atoms with Crippen molar-refractivity contribution in [2.75, 3.05) is 13.2 Å². The van der Waals surface area contributed by atoms with E-state index in [1.165, 1.54) is 315 Å². The Morgan fingerprint density at radius 3 is 0.526 bits per heavy atom. The van der Waals surface area contributed by atoms with Crippen LogP contribution in [-0.2, 0) is 28.6 Å². The third-order valence-corrected chi connectivity index (χ3v) is 16.4. The van der Waals surface area contributed by atoms with Crippen molar-refractivity contribution < 1.29 is 28.6 Å². The molecular formula is C70H136O6. The highest BCUT2D eigenvalue weighted by Gasteiger charge is 2.19. The Hall–Kier alpha value is -1.59. The zero-order chi connectivity index (χ0) is 55.0. The largest absolute Gasteiger partial charge is 0.462 e. The molecule has 1 atom stereocenters. The maximum atomic E-state index is 12.9. The molecule has 0 fully saturated rings. The molecule has 0 saturated heterocycles. The van der Waals surface area contributed by atoms with Gasteiger partial charge in [0.25, 0.3) is 0 Å². The van der Waals surface area contributed by atoms with Gasteiger partial charge in [0.15, 0.2) is 6.10 Å². The van der Waals surface area contributed by atoms with Crippen molar-refractivity contribution >= 4 is 17.9 Å². The molecule has 0 rings (SSSR count). The smallest absolute Gasteiger partial charge is 0.306 e. The van der Waals surface area contributed by atoms with Crippen LogP contribution >= 0.6 is 0 Å². The molecule has 0 bridgehead atoms. The van der Waals surface area contributed by atoms with E-state index < -0.39 is 6.10 Å². The molecule has 0 aliphatic heterocycles. The number of carbonyl (C=O) groups is 3. The summed E-state index contributed by atoms with van der Waals surface area (Å²) in [5.74, 6) is -0.833. The molecule has 1 unspecified atom stereocenters. The van der Waals surface area contributed by atoms with Crippen molar-refractivity contribution in [1.82, 2.24) is 0 Å². The predicted octanol–water partition coefficient (Wildman–Crippen LogP) is 23.8. The lowest BCUT2D eigenvalue weighted by Crippen LogP contribution is -2.30. The second-order valence-electron chi connectivity index (χ2n) is 24.2. The van der Waals surface area contributed by atoms with Crippen LogP contribution in [0, 0.1) is 0 Å². The summed E-state index contributed by atoms with van der Waals surface area (Å²) in [6, 6.07) is 0. The van der Waals surface area contributed by atoms with E-state index in [1.807, 2.05) is 0 Å². The number of unbranched alkanes of at least 4 members (excludes halogenated alkanes) is 55. The first kappa shape index (κ1) is 74.4. The molecule has 0 aromatic rings. The molecular weight excluding hydrogens is 937 g/mol. The van der Waals surface area contributed by atoms with Gasteiger partial charge in [0.05, 0.1) is 0 Å². The summed E-state index contributed by atoms with van der Waals surface area (Å²) < 4.78 is 16.9. The molecule has 0 N–H and O–H groups in total. The molecule has 0 amide bonds. The standard InChI is InChI=1S/C70H136O6/c1-4-7-10-13-16-18-20-22-24-26-28-30-32-34-35-36-38-39-41-43-45-47-49-51-54-57-60-63-69(72)75-66-67(65-74-68(71)62-59-56-53-15-12-9-6-3)76-70(73)64-61-58-55-52-50-48-46-44-42-40-37-33-31-29-27-25-23-21-19-17-14-11-8-5-2/h67H,4-66H2,1-3H3. The fourth-order valence-electron chi connectivity index (χ4n) is 11.1. The van der Waals surface area contributed by atoms with Crippen LogP contribution in [-0.4, -0.2) is 37.2 Å². The summed E-state index contributed by atoms with van der Waals surface area (Å²) in [6.07, 6.45) is 77.4. The van der Waals surface area contributed by atoms with Gasteiger partial charge in [-0.25, -0.2) is 0 Å². The fourth-order valence-corrected chi connectivity index (χ4v) is 11.1. The van der Waals surface area contributed by atoms with Gasteiger partial charge in [-0.2, -0.15) is 0 Å². The number of hydrogen-bond donors (Lipinski definition) is 0. The molecule has 76 heavy (non-hydrogen) atoms. The molecule has 6 heteroatoms. The van der Waals surface area contributed by atoms with Crippen LogP contribution in [0.4, 0.5) is 0 Å². The molecule has 0 aromatic carbocycles. The average molecular weight is 1070 g/mol. The highest BCUT2D eigenvalue weighted by Crippen LogP contribution is 2.19. The van der Waals surface area contributed by atoms with Gasteiger partial charge in [-0.15, -0.1) is 0 Å². The van der Waals surface area contributed by atoms with Crippen molar-refractivity contribution in [3.05, 3.63) is 0 Å². The predicted molar refractivity (Wildman–Crippen MR) is 330 cm³/mol. The second-order valence-corrected chi connectivity index (χ2v) is 24.2. The Morgan fingerprint density at radius 2 is 0.355 bits per heavy atom. The van der Waals surface area contributed by atoms with E-state index in [4.69, 9.17) is 14.2 Å². The lowest BCUT2D eigenvalue weighted by molar-refractivity contribution is -0.167. The minimum absolute atomic E-state index is 0.0613. The Kier molecular flexibility index (Phi) is 64.5. The Labute approximate surface area is 476 Å². The lowest BCUT2D eigenvalue weighted by atomic mass is 10.0. The van der Waals surface area contributed by atoms with Crippen LogP contribution in [0.25, 0.3) is 0 Å². The molecule has 0 heterocycles. The second kappa shape index (κ2) is 65.9. The minimum Gasteiger partial charge on any atom is -0.462 e. The molecule has 0 saturated carbocycles.